The molecule has 0 spiro atoms. The fourth-order valence-corrected chi connectivity index (χ4v) is 1.94. The van der Waals surface area contributed by atoms with Crippen molar-refractivity contribution in [2.75, 3.05) is 32.7 Å². The summed E-state index contributed by atoms with van der Waals surface area (Å²) in [5.41, 5.74) is 0. The Bertz CT molecular complexity index is 206. The second-order valence-electron chi connectivity index (χ2n) is 4.72. The first kappa shape index (κ1) is 13.8. The van der Waals surface area contributed by atoms with E-state index in [2.05, 4.69) is 19.2 Å². The summed E-state index contributed by atoms with van der Waals surface area (Å²) in [6.07, 6.45) is -3.06. The SMILES string of the molecule is CCC(C)CN1CCNCC(C(F)(F)F)C1. The number of nitrogens with zero attached hydrogens (tertiary/aromatic N) is 1. The highest BCUT2D eigenvalue weighted by molar-refractivity contribution is 4.79. The molecule has 0 aliphatic carbocycles. The average molecular weight is 238 g/mol. The molecule has 1 heterocycles. The van der Waals surface area contributed by atoms with E-state index in [0.29, 0.717) is 12.5 Å². The van der Waals surface area contributed by atoms with E-state index in [0.717, 1.165) is 19.5 Å². The molecule has 1 aliphatic rings. The number of hydrogen-bond acceptors (Lipinski definition) is 2. The molecule has 1 aliphatic heterocycles. The zero-order chi connectivity index (χ0) is 12.2. The second-order valence-corrected chi connectivity index (χ2v) is 4.72. The lowest BCUT2D eigenvalue weighted by atomic mass is 10.1. The Balaban J connectivity index is 2.52. The molecular formula is C11H21F3N2. The van der Waals surface area contributed by atoms with E-state index in [1.54, 1.807) is 0 Å². The van der Waals surface area contributed by atoms with Crippen LogP contribution in [0.4, 0.5) is 13.2 Å². The van der Waals surface area contributed by atoms with Gasteiger partial charge in [-0.05, 0) is 5.92 Å². The predicted octanol–water partition coefficient (Wildman–Crippen LogP) is 2.12. The van der Waals surface area contributed by atoms with Gasteiger partial charge in [-0.3, -0.25) is 0 Å². The van der Waals surface area contributed by atoms with Crippen LogP contribution in [-0.2, 0) is 0 Å². The van der Waals surface area contributed by atoms with Crippen molar-refractivity contribution in [1.29, 1.82) is 0 Å². The van der Waals surface area contributed by atoms with Crippen molar-refractivity contribution >= 4 is 0 Å². The first-order valence-electron chi connectivity index (χ1n) is 5.93. The minimum atomic E-state index is -4.08. The summed E-state index contributed by atoms with van der Waals surface area (Å²) in [4.78, 5) is 1.94. The summed E-state index contributed by atoms with van der Waals surface area (Å²) in [5, 5.41) is 2.86. The average Bonchev–Trinajstić information content (AvgIpc) is 2.42. The highest BCUT2D eigenvalue weighted by Crippen LogP contribution is 2.27. The standard InChI is InChI=1S/C11H21F3N2/c1-3-9(2)7-16-5-4-15-6-10(8-16)11(12,13)14/h9-10,15H,3-8H2,1-2H3. The number of alkyl halides is 3. The molecule has 0 saturated carbocycles. The Hall–Kier alpha value is -0.290. The molecule has 0 amide bonds. The lowest BCUT2D eigenvalue weighted by molar-refractivity contribution is -0.176. The quantitative estimate of drug-likeness (QED) is 0.810. The lowest BCUT2D eigenvalue weighted by Gasteiger charge is -2.27. The summed E-state index contributed by atoms with van der Waals surface area (Å²) in [7, 11) is 0. The highest BCUT2D eigenvalue weighted by atomic mass is 19.4. The van der Waals surface area contributed by atoms with Crippen LogP contribution in [-0.4, -0.2) is 43.8 Å². The van der Waals surface area contributed by atoms with Gasteiger partial charge in [0.05, 0.1) is 5.92 Å². The molecule has 5 heteroatoms. The van der Waals surface area contributed by atoms with E-state index in [1.165, 1.54) is 0 Å². The van der Waals surface area contributed by atoms with Crippen molar-refractivity contribution in [3.05, 3.63) is 0 Å². The molecule has 0 radical (unpaired) electrons. The van der Waals surface area contributed by atoms with Crippen LogP contribution in [0, 0.1) is 11.8 Å². The maximum Gasteiger partial charge on any atom is 0.394 e. The summed E-state index contributed by atoms with van der Waals surface area (Å²) in [5.74, 6) is -0.758. The van der Waals surface area contributed by atoms with Crippen LogP contribution in [0.5, 0.6) is 0 Å². The Labute approximate surface area is 95.2 Å². The Morgan fingerprint density at radius 2 is 2.12 bits per heavy atom. The van der Waals surface area contributed by atoms with Crippen molar-refractivity contribution in [3.63, 3.8) is 0 Å². The van der Waals surface area contributed by atoms with E-state index < -0.39 is 12.1 Å². The molecule has 0 aromatic rings. The first-order valence-corrected chi connectivity index (χ1v) is 5.93. The van der Waals surface area contributed by atoms with Crippen LogP contribution in [0.3, 0.4) is 0 Å². The van der Waals surface area contributed by atoms with Gasteiger partial charge in [-0.25, -0.2) is 0 Å². The van der Waals surface area contributed by atoms with Gasteiger partial charge < -0.3 is 10.2 Å². The van der Waals surface area contributed by atoms with Crippen LogP contribution in [0.25, 0.3) is 0 Å². The summed E-state index contributed by atoms with van der Waals surface area (Å²) >= 11 is 0. The molecule has 2 nitrogen and oxygen atoms in total. The molecule has 0 aromatic heterocycles. The van der Waals surface area contributed by atoms with Gasteiger partial charge >= 0.3 is 6.18 Å². The van der Waals surface area contributed by atoms with Gasteiger partial charge in [0, 0.05) is 32.7 Å². The molecule has 0 aromatic carbocycles. The number of hydrogen-bond donors (Lipinski definition) is 1. The monoisotopic (exact) mass is 238 g/mol. The molecule has 1 N–H and O–H groups in total. The maximum atomic E-state index is 12.6. The van der Waals surface area contributed by atoms with Crippen molar-refractivity contribution in [1.82, 2.24) is 10.2 Å². The fraction of sp³-hybridized carbons (Fsp3) is 1.00. The number of halogens is 3. The molecule has 1 fully saturated rings. The van der Waals surface area contributed by atoms with Crippen molar-refractivity contribution in [2.24, 2.45) is 11.8 Å². The zero-order valence-electron chi connectivity index (χ0n) is 9.98. The molecule has 2 unspecified atom stereocenters. The maximum absolute atomic E-state index is 12.6. The summed E-state index contributed by atoms with van der Waals surface area (Å²) in [6.45, 7) is 6.49. The molecule has 96 valence electrons. The molecule has 1 saturated heterocycles. The van der Waals surface area contributed by atoms with E-state index in [9.17, 15) is 13.2 Å². The molecule has 1 rings (SSSR count). The highest BCUT2D eigenvalue weighted by Gasteiger charge is 2.40. The minimum absolute atomic E-state index is 0.0561. The third-order valence-corrected chi connectivity index (χ3v) is 3.20. The van der Waals surface area contributed by atoms with Crippen molar-refractivity contribution < 1.29 is 13.2 Å². The second kappa shape index (κ2) is 5.87. The van der Waals surface area contributed by atoms with Gasteiger partial charge in [0.25, 0.3) is 0 Å². The summed E-state index contributed by atoms with van der Waals surface area (Å²) in [6, 6.07) is 0. The van der Waals surface area contributed by atoms with Crippen LogP contribution < -0.4 is 5.32 Å². The number of rotatable bonds is 3. The molecule has 2 atom stereocenters. The van der Waals surface area contributed by atoms with Gasteiger partial charge in [-0.2, -0.15) is 13.2 Å². The van der Waals surface area contributed by atoms with Gasteiger partial charge in [-0.1, -0.05) is 20.3 Å². The smallest absolute Gasteiger partial charge is 0.315 e. The third kappa shape index (κ3) is 4.29. The number of nitrogens with one attached hydrogen (secondary N) is 1. The van der Waals surface area contributed by atoms with Crippen molar-refractivity contribution in [3.8, 4) is 0 Å². The van der Waals surface area contributed by atoms with Crippen molar-refractivity contribution in [2.45, 2.75) is 26.4 Å². The van der Waals surface area contributed by atoms with Crippen LogP contribution in [0.2, 0.25) is 0 Å². The van der Waals surface area contributed by atoms with Gasteiger partial charge in [0.2, 0.25) is 0 Å². The summed E-state index contributed by atoms with van der Waals surface area (Å²) < 4.78 is 37.9. The molecule has 0 bridgehead atoms. The van der Waals surface area contributed by atoms with Gasteiger partial charge in [-0.15, -0.1) is 0 Å². The van der Waals surface area contributed by atoms with Gasteiger partial charge in [0.15, 0.2) is 0 Å². The Morgan fingerprint density at radius 3 is 2.69 bits per heavy atom. The van der Waals surface area contributed by atoms with Crippen LogP contribution in [0.15, 0.2) is 0 Å². The van der Waals surface area contributed by atoms with E-state index in [4.69, 9.17) is 0 Å². The van der Waals surface area contributed by atoms with E-state index in [-0.39, 0.29) is 13.1 Å². The van der Waals surface area contributed by atoms with E-state index >= 15 is 0 Å². The Kier molecular flexibility index (Phi) is 5.05. The Morgan fingerprint density at radius 1 is 1.44 bits per heavy atom. The van der Waals surface area contributed by atoms with Gasteiger partial charge in [0.1, 0.15) is 0 Å². The largest absolute Gasteiger partial charge is 0.394 e. The van der Waals surface area contributed by atoms with Crippen LogP contribution >= 0.6 is 0 Å². The third-order valence-electron chi connectivity index (χ3n) is 3.20. The molecule has 16 heavy (non-hydrogen) atoms. The van der Waals surface area contributed by atoms with Crippen LogP contribution in [0.1, 0.15) is 20.3 Å². The van der Waals surface area contributed by atoms with E-state index in [1.807, 2.05) is 4.90 Å². The fourth-order valence-electron chi connectivity index (χ4n) is 1.94. The topological polar surface area (TPSA) is 15.3 Å². The molecular weight excluding hydrogens is 217 g/mol. The normalized spacial score (nSPS) is 26.4. The minimum Gasteiger partial charge on any atom is -0.315 e. The lowest BCUT2D eigenvalue weighted by Crippen LogP contribution is -2.39. The predicted molar refractivity (Wildman–Crippen MR) is 58.3 cm³/mol. The zero-order valence-corrected chi connectivity index (χ0v) is 9.98. The first-order chi connectivity index (χ1) is 7.43.